The van der Waals surface area contributed by atoms with Gasteiger partial charge in [0.1, 0.15) is 5.57 Å². The van der Waals surface area contributed by atoms with Crippen LogP contribution in [0.3, 0.4) is 0 Å². The maximum atomic E-state index is 14.2. The Hall–Kier alpha value is -2.20. The second-order valence-corrected chi connectivity index (χ2v) is 7.00. The molecule has 0 aromatic heterocycles. The molecule has 0 aromatic carbocycles. The Morgan fingerprint density at radius 1 is 0.500 bits per heavy atom. The third-order valence-corrected chi connectivity index (χ3v) is 4.75. The molecule has 224 valence electrons. The van der Waals surface area contributed by atoms with Crippen molar-refractivity contribution < 1.29 is 105 Å². The SMILES string of the molecule is FC(F)=C1C(C(F)(F)C(F)(F)C(F)(F)C(F)(C(F)(F)F)C(F)(F)F)=C(F)C(F)(F)C(F)(F)C(F)(F)C1(F)F. The highest BCUT2D eigenvalue weighted by Gasteiger charge is 2.95. The first-order valence-electron chi connectivity index (χ1n) is 8.04. The van der Waals surface area contributed by atoms with Gasteiger partial charge in [-0.25, -0.2) is 8.78 Å². The van der Waals surface area contributed by atoms with Gasteiger partial charge in [0, 0.05) is 0 Å². The summed E-state index contributed by atoms with van der Waals surface area (Å²) in [5.74, 6) is -65.8. The molecule has 38 heavy (non-hydrogen) atoms. The van der Waals surface area contributed by atoms with E-state index < -0.39 is 82.5 Å². The van der Waals surface area contributed by atoms with Crippen molar-refractivity contribution in [3.8, 4) is 0 Å². The Labute approximate surface area is 189 Å². The average molecular weight is 624 g/mol. The topological polar surface area (TPSA) is 0 Å². The fourth-order valence-electron chi connectivity index (χ4n) is 2.71. The smallest absolute Gasteiger partial charge is 0.216 e. The lowest BCUT2D eigenvalue weighted by molar-refractivity contribution is -0.441. The van der Waals surface area contributed by atoms with Gasteiger partial charge in [-0.2, -0.15) is 96.6 Å². The molecule has 0 nitrogen and oxygen atoms in total. The Morgan fingerprint density at radius 2 is 0.816 bits per heavy atom. The summed E-state index contributed by atoms with van der Waals surface area (Å²) in [5.41, 5.74) is -20.1. The van der Waals surface area contributed by atoms with Crippen LogP contribution in [-0.4, -0.2) is 59.5 Å². The summed E-state index contributed by atoms with van der Waals surface area (Å²) >= 11 is 0. The van der Waals surface area contributed by atoms with Gasteiger partial charge in [-0.3, -0.25) is 0 Å². The number of alkyl halides is 21. The van der Waals surface area contributed by atoms with Gasteiger partial charge in [0.15, 0.2) is 5.83 Å². The molecule has 0 aromatic rings. The van der Waals surface area contributed by atoms with Crippen molar-refractivity contribution in [2.45, 2.75) is 59.5 Å². The predicted octanol–water partition coefficient (Wildman–Crippen LogP) is 8.65. The lowest BCUT2D eigenvalue weighted by Gasteiger charge is -2.42. The van der Waals surface area contributed by atoms with Gasteiger partial charge < -0.3 is 0 Å². The molecule has 0 amide bonds. The van der Waals surface area contributed by atoms with E-state index in [4.69, 9.17) is 0 Å². The summed E-state index contributed by atoms with van der Waals surface area (Å²) in [4.78, 5) is 0. The maximum absolute atomic E-state index is 14.2. The van der Waals surface area contributed by atoms with Crippen LogP contribution in [0, 0.1) is 0 Å². The fraction of sp³-hybridized carbons (Fsp3) is 0.714. The van der Waals surface area contributed by atoms with Crippen LogP contribution in [0.2, 0.25) is 0 Å². The molecule has 0 spiro atoms. The van der Waals surface area contributed by atoms with Crippen LogP contribution in [0.4, 0.5) is 105 Å². The standard InChI is InChI=1S/C14F24/c15-3-1(2(4(16)17)6(20,21)9(25,26)11(29,30)7(3,22)23)5(18,19)10(27,28)12(31,32)8(24,13(33,34)35)14(36,37)38. The van der Waals surface area contributed by atoms with Crippen LogP contribution in [0.25, 0.3) is 0 Å². The van der Waals surface area contributed by atoms with E-state index in [9.17, 15) is 105 Å². The molecule has 0 atom stereocenters. The molecule has 1 rings (SSSR count). The van der Waals surface area contributed by atoms with Gasteiger partial charge in [-0.15, -0.1) is 0 Å². The normalized spacial score (nSPS) is 22.9. The summed E-state index contributed by atoms with van der Waals surface area (Å²) in [7, 11) is 0. The maximum Gasteiger partial charge on any atom is 0.438 e. The van der Waals surface area contributed by atoms with E-state index in [0.29, 0.717) is 0 Å². The minimum atomic E-state index is -9.26. The molecule has 0 N–H and O–H groups in total. The largest absolute Gasteiger partial charge is 0.438 e. The summed E-state index contributed by atoms with van der Waals surface area (Å²) in [6.07, 6.45) is -22.3. The van der Waals surface area contributed by atoms with Crippen molar-refractivity contribution in [1.29, 1.82) is 0 Å². The van der Waals surface area contributed by atoms with Crippen molar-refractivity contribution in [2.75, 3.05) is 0 Å². The van der Waals surface area contributed by atoms with E-state index in [-0.39, 0.29) is 0 Å². The quantitative estimate of drug-likeness (QED) is 0.275. The van der Waals surface area contributed by atoms with Crippen molar-refractivity contribution in [3.05, 3.63) is 23.1 Å². The monoisotopic (exact) mass is 624 g/mol. The minimum absolute atomic E-state index is 5.26. The molecule has 0 saturated carbocycles. The molecule has 0 heterocycles. The van der Waals surface area contributed by atoms with E-state index in [1.165, 1.54) is 0 Å². The van der Waals surface area contributed by atoms with Crippen LogP contribution < -0.4 is 0 Å². The second kappa shape index (κ2) is 8.16. The first-order chi connectivity index (χ1) is 16.1. The van der Waals surface area contributed by atoms with Crippen LogP contribution in [0.1, 0.15) is 0 Å². The first-order valence-corrected chi connectivity index (χ1v) is 8.04. The summed E-state index contributed by atoms with van der Waals surface area (Å²) in [5, 5.41) is 0. The molecule has 0 aliphatic heterocycles. The molecule has 0 fully saturated rings. The predicted molar refractivity (Wildman–Crippen MR) is 68.0 cm³/mol. The van der Waals surface area contributed by atoms with Gasteiger partial charge in [-0.1, -0.05) is 0 Å². The van der Waals surface area contributed by atoms with Crippen LogP contribution >= 0.6 is 0 Å². The summed E-state index contributed by atoms with van der Waals surface area (Å²) < 4.78 is 319. The zero-order chi connectivity index (χ0) is 31.3. The molecule has 0 saturated heterocycles. The van der Waals surface area contributed by atoms with Crippen molar-refractivity contribution >= 4 is 0 Å². The van der Waals surface area contributed by atoms with Crippen LogP contribution in [-0.2, 0) is 0 Å². The minimum Gasteiger partial charge on any atom is -0.216 e. The van der Waals surface area contributed by atoms with E-state index in [2.05, 4.69) is 0 Å². The zero-order valence-electron chi connectivity index (χ0n) is 16.1. The van der Waals surface area contributed by atoms with Gasteiger partial charge >= 0.3 is 59.5 Å². The lowest BCUT2D eigenvalue weighted by atomic mass is 9.82. The second-order valence-electron chi connectivity index (χ2n) is 7.00. The van der Waals surface area contributed by atoms with E-state index >= 15 is 0 Å². The van der Waals surface area contributed by atoms with Gasteiger partial charge in [0.2, 0.25) is 0 Å². The number of halogens is 24. The Morgan fingerprint density at radius 3 is 1.11 bits per heavy atom. The van der Waals surface area contributed by atoms with Gasteiger partial charge in [0.05, 0.1) is 5.57 Å². The zero-order valence-corrected chi connectivity index (χ0v) is 16.1. The third-order valence-electron chi connectivity index (χ3n) is 4.75. The van der Waals surface area contributed by atoms with E-state index in [0.717, 1.165) is 0 Å². The first kappa shape index (κ1) is 33.8. The Balaban J connectivity index is 4.43. The number of allylic oxidation sites excluding steroid dienone is 3. The fourth-order valence-corrected chi connectivity index (χ4v) is 2.71. The number of hydrogen-bond donors (Lipinski definition) is 0. The molecule has 0 bridgehead atoms. The number of hydrogen-bond acceptors (Lipinski definition) is 0. The summed E-state index contributed by atoms with van der Waals surface area (Å²) in [6, 6.07) is 0. The van der Waals surface area contributed by atoms with Gasteiger partial charge in [-0.05, 0) is 0 Å². The Kier molecular flexibility index (Phi) is 7.26. The van der Waals surface area contributed by atoms with Gasteiger partial charge in [0.25, 0.3) is 6.08 Å². The average Bonchev–Trinajstić information content (AvgIpc) is 2.68. The highest BCUT2D eigenvalue weighted by atomic mass is 19.4. The molecule has 1 aliphatic rings. The van der Waals surface area contributed by atoms with Crippen molar-refractivity contribution in [1.82, 2.24) is 0 Å². The van der Waals surface area contributed by atoms with Crippen molar-refractivity contribution in [3.63, 3.8) is 0 Å². The highest BCUT2D eigenvalue weighted by Crippen LogP contribution is 2.68. The van der Waals surface area contributed by atoms with Crippen molar-refractivity contribution in [2.24, 2.45) is 0 Å². The third kappa shape index (κ3) is 3.65. The molecular weight excluding hydrogens is 624 g/mol. The highest BCUT2D eigenvalue weighted by molar-refractivity contribution is 5.52. The van der Waals surface area contributed by atoms with Crippen LogP contribution in [0.5, 0.6) is 0 Å². The van der Waals surface area contributed by atoms with E-state index in [1.54, 1.807) is 0 Å². The van der Waals surface area contributed by atoms with E-state index in [1.807, 2.05) is 0 Å². The molecule has 1 aliphatic carbocycles. The molecule has 24 heteroatoms. The lowest BCUT2D eigenvalue weighted by Crippen LogP contribution is -2.73. The molecular formula is C14F24. The summed E-state index contributed by atoms with van der Waals surface area (Å²) in [6.45, 7) is 0. The number of rotatable bonds is 4. The van der Waals surface area contributed by atoms with Crippen LogP contribution in [0.15, 0.2) is 23.1 Å². The molecule has 0 unspecified atom stereocenters. The molecule has 0 radical (unpaired) electrons. The Bertz CT molecular complexity index is 996.